The maximum absolute atomic E-state index is 11.9. The first-order chi connectivity index (χ1) is 11.0. The number of carbonyl (C=O) groups is 1. The van der Waals surface area contributed by atoms with Crippen molar-refractivity contribution in [1.29, 1.82) is 0 Å². The molecule has 23 heavy (non-hydrogen) atoms. The van der Waals surface area contributed by atoms with Crippen molar-refractivity contribution in [3.63, 3.8) is 0 Å². The maximum atomic E-state index is 11.9. The molecule has 2 N–H and O–H groups in total. The Morgan fingerprint density at radius 3 is 2.70 bits per heavy atom. The molecule has 4 nitrogen and oxygen atoms in total. The number of ether oxygens (including phenoxy) is 1. The molecule has 1 aromatic rings. The van der Waals surface area contributed by atoms with Crippen molar-refractivity contribution in [2.75, 3.05) is 13.2 Å². The van der Waals surface area contributed by atoms with Gasteiger partial charge in [-0.3, -0.25) is 4.79 Å². The molecule has 1 amide bonds. The van der Waals surface area contributed by atoms with E-state index in [-0.39, 0.29) is 21.7 Å². The molecule has 0 aliphatic heterocycles. The summed E-state index contributed by atoms with van der Waals surface area (Å²) in [6.07, 6.45) is 6.62. The summed E-state index contributed by atoms with van der Waals surface area (Å²) in [5.41, 5.74) is 0.562. The standard InChI is InChI=1S/C16H15Cl2NO3S/c17-13-8-11(20)9-14(18)15(13)22-6-2-5-19-16(21)10-3-1-4-12(23)7-10/h1,3,7-9,20H,2,4-6H2,(H,19,21). The summed E-state index contributed by atoms with van der Waals surface area (Å²) in [4.78, 5) is 12.7. The molecular formula is C16H15Cl2NO3S. The molecule has 0 unspecified atom stereocenters. The molecule has 0 atom stereocenters. The Morgan fingerprint density at radius 2 is 2.04 bits per heavy atom. The smallest absolute Gasteiger partial charge is 0.251 e. The van der Waals surface area contributed by atoms with Gasteiger partial charge in [-0.05, 0) is 12.5 Å². The number of carbonyl (C=O) groups excluding carboxylic acids is 1. The first-order valence-corrected chi connectivity index (χ1v) is 8.14. The van der Waals surface area contributed by atoms with Crippen LogP contribution >= 0.6 is 35.4 Å². The lowest BCUT2D eigenvalue weighted by Gasteiger charge is -2.11. The number of benzene rings is 1. The summed E-state index contributed by atoms with van der Waals surface area (Å²) in [7, 11) is 0. The maximum Gasteiger partial charge on any atom is 0.251 e. The number of allylic oxidation sites excluding steroid dienone is 2. The second-order valence-corrected chi connectivity index (χ2v) is 6.21. The second kappa shape index (κ2) is 8.34. The van der Waals surface area contributed by atoms with Gasteiger partial charge < -0.3 is 15.2 Å². The predicted molar refractivity (Wildman–Crippen MR) is 95.7 cm³/mol. The third-order valence-corrected chi connectivity index (χ3v) is 3.88. The highest BCUT2D eigenvalue weighted by Gasteiger charge is 2.11. The summed E-state index contributed by atoms with van der Waals surface area (Å²) in [6.45, 7) is 0.780. The normalized spacial score (nSPS) is 13.7. The van der Waals surface area contributed by atoms with E-state index >= 15 is 0 Å². The van der Waals surface area contributed by atoms with Crippen LogP contribution in [0.5, 0.6) is 11.5 Å². The van der Waals surface area contributed by atoms with Crippen LogP contribution in [0.4, 0.5) is 0 Å². The van der Waals surface area contributed by atoms with Gasteiger partial charge in [0.15, 0.2) is 5.75 Å². The SMILES string of the molecule is O=C(NCCCOc1c(Cl)cc(O)cc1Cl)C1=CC(=S)CC=C1. The topological polar surface area (TPSA) is 58.6 Å². The molecule has 0 aromatic heterocycles. The fourth-order valence-corrected chi connectivity index (χ4v) is 2.77. The lowest BCUT2D eigenvalue weighted by Crippen LogP contribution is -2.27. The average molecular weight is 372 g/mol. The predicted octanol–water partition coefficient (Wildman–Crippen LogP) is 3.84. The monoisotopic (exact) mass is 371 g/mol. The Balaban J connectivity index is 1.75. The number of halogens is 2. The van der Waals surface area contributed by atoms with Crippen LogP contribution in [0.1, 0.15) is 12.8 Å². The van der Waals surface area contributed by atoms with E-state index in [2.05, 4.69) is 5.32 Å². The summed E-state index contributed by atoms with van der Waals surface area (Å²) >= 11 is 17.0. The minimum absolute atomic E-state index is 0.0219. The van der Waals surface area contributed by atoms with Crippen molar-refractivity contribution in [3.8, 4) is 11.5 Å². The van der Waals surface area contributed by atoms with Crippen LogP contribution in [0, 0.1) is 0 Å². The zero-order valence-electron chi connectivity index (χ0n) is 12.1. The molecule has 0 bridgehead atoms. The molecular weight excluding hydrogens is 357 g/mol. The molecule has 1 aliphatic carbocycles. The van der Waals surface area contributed by atoms with Gasteiger partial charge in [0.05, 0.1) is 16.7 Å². The number of hydrogen-bond donors (Lipinski definition) is 2. The van der Waals surface area contributed by atoms with Gasteiger partial charge >= 0.3 is 0 Å². The van der Waals surface area contributed by atoms with Crippen molar-refractivity contribution in [3.05, 3.63) is 46.0 Å². The van der Waals surface area contributed by atoms with E-state index in [4.69, 9.17) is 40.2 Å². The van der Waals surface area contributed by atoms with Crippen molar-refractivity contribution in [1.82, 2.24) is 5.32 Å². The minimum Gasteiger partial charge on any atom is -0.508 e. The third kappa shape index (κ3) is 5.23. The highest BCUT2D eigenvalue weighted by atomic mass is 35.5. The molecule has 0 radical (unpaired) electrons. The van der Waals surface area contributed by atoms with E-state index in [0.29, 0.717) is 37.3 Å². The van der Waals surface area contributed by atoms with Gasteiger partial charge in [0.25, 0.3) is 5.91 Å². The zero-order valence-corrected chi connectivity index (χ0v) is 14.5. The summed E-state index contributed by atoms with van der Waals surface area (Å²) in [5, 5.41) is 12.6. The average Bonchev–Trinajstić information content (AvgIpc) is 2.48. The van der Waals surface area contributed by atoms with E-state index < -0.39 is 0 Å². The van der Waals surface area contributed by atoms with Crippen LogP contribution in [-0.4, -0.2) is 29.0 Å². The lowest BCUT2D eigenvalue weighted by atomic mass is 10.1. The number of amides is 1. The Bertz CT molecular complexity index is 663. The highest BCUT2D eigenvalue weighted by molar-refractivity contribution is 7.80. The lowest BCUT2D eigenvalue weighted by molar-refractivity contribution is -0.117. The fraction of sp³-hybridized carbons (Fsp3) is 0.250. The number of thiocarbonyl (C=S) groups is 1. The molecule has 0 saturated carbocycles. The van der Waals surface area contributed by atoms with Crippen molar-refractivity contribution in [2.24, 2.45) is 0 Å². The summed E-state index contributed by atoms with van der Waals surface area (Å²) < 4.78 is 5.49. The number of hydrogen-bond acceptors (Lipinski definition) is 4. The van der Waals surface area contributed by atoms with Gasteiger partial charge in [-0.1, -0.05) is 47.6 Å². The number of aromatic hydroxyl groups is 1. The van der Waals surface area contributed by atoms with Crippen LogP contribution < -0.4 is 10.1 Å². The molecule has 0 saturated heterocycles. The molecule has 1 aliphatic rings. The minimum atomic E-state index is -0.163. The molecule has 1 aromatic carbocycles. The van der Waals surface area contributed by atoms with Crippen LogP contribution in [0.15, 0.2) is 35.9 Å². The van der Waals surface area contributed by atoms with Gasteiger partial charge in [-0.15, -0.1) is 0 Å². The number of phenols is 1. The van der Waals surface area contributed by atoms with Gasteiger partial charge in [0.1, 0.15) is 5.75 Å². The highest BCUT2D eigenvalue weighted by Crippen LogP contribution is 2.36. The van der Waals surface area contributed by atoms with E-state index in [1.54, 1.807) is 12.2 Å². The third-order valence-electron chi connectivity index (χ3n) is 3.03. The van der Waals surface area contributed by atoms with Crippen LogP contribution in [-0.2, 0) is 4.79 Å². The Hall–Kier alpha value is -1.56. The number of nitrogens with one attached hydrogen (secondary N) is 1. The largest absolute Gasteiger partial charge is 0.508 e. The number of rotatable bonds is 6. The summed E-state index contributed by atoms with van der Waals surface area (Å²) in [5.74, 6) is 0.135. The first kappa shape index (κ1) is 17.8. The first-order valence-electron chi connectivity index (χ1n) is 6.97. The molecule has 7 heteroatoms. The van der Waals surface area contributed by atoms with Gasteiger partial charge in [-0.2, -0.15) is 0 Å². The van der Waals surface area contributed by atoms with Crippen LogP contribution in [0.2, 0.25) is 10.0 Å². The quantitative estimate of drug-likeness (QED) is 0.589. The van der Waals surface area contributed by atoms with Crippen molar-refractivity contribution < 1.29 is 14.6 Å². The van der Waals surface area contributed by atoms with Gasteiger partial charge in [-0.25, -0.2) is 0 Å². The van der Waals surface area contributed by atoms with Crippen LogP contribution in [0.25, 0.3) is 0 Å². The number of phenolic OH excluding ortho intramolecular Hbond substituents is 1. The summed E-state index contributed by atoms with van der Waals surface area (Å²) in [6, 6.07) is 2.71. The van der Waals surface area contributed by atoms with Crippen molar-refractivity contribution >= 4 is 46.2 Å². The zero-order chi connectivity index (χ0) is 16.8. The fourth-order valence-electron chi connectivity index (χ4n) is 1.96. The Kier molecular flexibility index (Phi) is 6.45. The molecule has 0 heterocycles. The second-order valence-electron chi connectivity index (χ2n) is 4.87. The van der Waals surface area contributed by atoms with Gasteiger partial charge in [0, 0.05) is 35.5 Å². The van der Waals surface area contributed by atoms with E-state index in [1.165, 1.54) is 12.1 Å². The Morgan fingerprint density at radius 1 is 1.35 bits per heavy atom. The van der Waals surface area contributed by atoms with E-state index in [1.807, 2.05) is 6.08 Å². The Labute approximate surface area is 149 Å². The van der Waals surface area contributed by atoms with Gasteiger partial charge in [0.2, 0.25) is 0 Å². The van der Waals surface area contributed by atoms with Crippen LogP contribution in [0.3, 0.4) is 0 Å². The molecule has 0 fully saturated rings. The van der Waals surface area contributed by atoms with E-state index in [9.17, 15) is 9.90 Å². The molecule has 0 spiro atoms. The van der Waals surface area contributed by atoms with E-state index in [0.717, 1.165) is 4.86 Å². The van der Waals surface area contributed by atoms with Crippen molar-refractivity contribution in [2.45, 2.75) is 12.8 Å². The molecule has 122 valence electrons. The molecule has 2 rings (SSSR count).